The van der Waals surface area contributed by atoms with Gasteiger partial charge >= 0.3 is 0 Å². The predicted octanol–water partition coefficient (Wildman–Crippen LogP) is 5.28. The average Bonchev–Trinajstić information content (AvgIpc) is 3.16. The van der Waals surface area contributed by atoms with Crippen molar-refractivity contribution in [2.75, 3.05) is 0 Å². The van der Waals surface area contributed by atoms with Crippen LogP contribution in [0.1, 0.15) is 11.1 Å². The number of halogens is 1. The lowest BCUT2D eigenvalue weighted by Gasteiger charge is -2.05. The maximum atomic E-state index is 4.66. The molecule has 0 bridgehead atoms. The highest BCUT2D eigenvalue weighted by molar-refractivity contribution is 9.10. The molecule has 0 amide bonds. The molecule has 2 aromatic carbocycles. The molecule has 4 rings (SSSR count). The molecule has 138 valence electrons. The van der Waals surface area contributed by atoms with Crippen LogP contribution in [0.5, 0.6) is 0 Å². The molecule has 0 spiro atoms. The Balaban J connectivity index is 1.65. The first-order valence-electron chi connectivity index (χ1n) is 8.62. The van der Waals surface area contributed by atoms with E-state index < -0.39 is 0 Å². The van der Waals surface area contributed by atoms with Gasteiger partial charge in [0.05, 0.1) is 6.21 Å². The van der Waals surface area contributed by atoms with E-state index in [0.29, 0.717) is 5.82 Å². The van der Waals surface area contributed by atoms with E-state index in [1.54, 1.807) is 28.8 Å². The second-order valence-corrected chi connectivity index (χ2v) is 7.78. The molecule has 0 saturated heterocycles. The summed E-state index contributed by atoms with van der Waals surface area (Å²) in [7, 11) is 0. The quantitative estimate of drug-likeness (QED) is 0.296. The fraction of sp³-hybridized carbons (Fsp3) is 0.0476. The lowest BCUT2D eigenvalue weighted by molar-refractivity contribution is 0.772. The van der Waals surface area contributed by atoms with Crippen LogP contribution in [0, 0.1) is 0 Å². The Bertz CT molecular complexity index is 1060. The smallest absolute Gasteiger partial charge is 0.212 e. The topological polar surface area (TPSA) is 56.0 Å². The first-order valence-corrected chi connectivity index (χ1v) is 10.4. The maximum absolute atomic E-state index is 4.66. The zero-order valence-corrected chi connectivity index (χ0v) is 17.2. The molecule has 0 unspecified atom stereocenters. The van der Waals surface area contributed by atoms with Crippen molar-refractivity contribution in [1.82, 2.24) is 19.9 Å². The van der Waals surface area contributed by atoms with Gasteiger partial charge in [-0.3, -0.25) is 4.98 Å². The molecule has 0 aliphatic heterocycles. The molecule has 0 aliphatic carbocycles. The molecule has 4 aromatic rings. The Hall–Kier alpha value is -2.77. The Morgan fingerprint density at radius 3 is 2.43 bits per heavy atom. The van der Waals surface area contributed by atoms with Crippen LogP contribution in [0.15, 0.2) is 93.9 Å². The molecule has 5 nitrogen and oxygen atoms in total. The van der Waals surface area contributed by atoms with Crippen LogP contribution in [-0.4, -0.2) is 26.1 Å². The van der Waals surface area contributed by atoms with Crippen LogP contribution in [0.25, 0.3) is 11.4 Å². The summed E-state index contributed by atoms with van der Waals surface area (Å²) < 4.78 is 2.82. The number of hydrogen-bond acceptors (Lipinski definition) is 5. The molecule has 0 radical (unpaired) electrons. The minimum Gasteiger partial charge on any atom is -0.265 e. The van der Waals surface area contributed by atoms with Gasteiger partial charge in [-0.15, -0.1) is 10.2 Å². The Labute approximate surface area is 175 Å². The van der Waals surface area contributed by atoms with Gasteiger partial charge in [0.15, 0.2) is 5.82 Å². The minimum atomic E-state index is 0.686. The predicted molar refractivity (Wildman–Crippen MR) is 116 cm³/mol. The zero-order chi connectivity index (χ0) is 19.2. The van der Waals surface area contributed by atoms with Crippen LogP contribution in [0.4, 0.5) is 0 Å². The first kappa shape index (κ1) is 18.6. The molecule has 2 heterocycles. The second-order valence-electron chi connectivity index (χ2n) is 5.92. The highest BCUT2D eigenvalue weighted by Crippen LogP contribution is 2.26. The molecule has 0 aliphatic rings. The number of rotatable bonds is 6. The van der Waals surface area contributed by atoms with E-state index in [9.17, 15) is 0 Å². The minimum absolute atomic E-state index is 0.686. The number of nitrogens with zero attached hydrogens (tertiary/aromatic N) is 5. The number of hydrogen-bond donors (Lipinski definition) is 0. The van der Waals surface area contributed by atoms with Crippen LogP contribution in [-0.2, 0) is 5.75 Å². The second kappa shape index (κ2) is 8.95. The zero-order valence-electron chi connectivity index (χ0n) is 14.8. The van der Waals surface area contributed by atoms with Crippen molar-refractivity contribution in [1.29, 1.82) is 0 Å². The molecule has 0 atom stereocenters. The molecular formula is C21H16BrN5S. The van der Waals surface area contributed by atoms with E-state index in [2.05, 4.69) is 48.3 Å². The van der Waals surface area contributed by atoms with Gasteiger partial charge in [-0.2, -0.15) is 9.78 Å². The summed E-state index contributed by atoms with van der Waals surface area (Å²) >= 11 is 5.06. The number of aromatic nitrogens is 4. The molecule has 0 fully saturated rings. The van der Waals surface area contributed by atoms with Crippen LogP contribution in [0.2, 0.25) is 0 Å². The van der Waals surface area contributed by atoms with Gasteiger partial charge in [0.1, 0.15) is 0 Å². The highest BCUT2D eigenvalue weighted by Gasteiger charge is 2.14. The molecular weight excluding hydrogens is 434 g/mol. The summed E-state index contributed by atoms with van der Waals surface area (Å²) in [6, 6.07) is 22.1. The standard InChI is InChI=1S/C21H16BrN5S/c22-19-8-6-16(7-9-19)14-24-27-20(18-10-12-23-13-11-18)25-26-21(27)28-15-17-4-2-1-3-5-17/h1-14H,15H2/b24-14-. The fourth-order valence-electron chi connectivity index (χ4n) is 2.54. The lowest BCUT2D eigenvalue weighted by atomic mass is 10.2. The van der Waals surface area contributed by atoms with Gasteiger partial charge in [0.2, 0.25) is 5.16 Å². The van der Waals surface area contributed by atoms with Gasteiger partial charge in [0, 0.05) is 28.2 Å². The molecule has 0 N–H and O–H groups in total. The van der Waals surface area contributed by atoms with Crippen LogP contribution >= 0.6 is 27.7 Å². The monoisotopic (exact) mass is 449 g/mol. The summed E-state index contributed by atoms with van der Waals surface area (Å²) in [5.74, 6) is 1.48. The largest absolute Gasteiger partial charge is 0.265 e. The third-order valence-electron chi connectivity index (χ3n) is 3.95. The van der Waals surface area contributed by atoms with Gasteiger partial charge in [-0.1, -0.05) is 70.2 Å². The lowest BCUT2D eigenvalue weighted by Crippen LogP contribution is -1.97. The highest BCUT2D eigenvalue weighted by atomic mass is 79.9. The van der Waals surface area contributed by atoms with E-state index in [0.717, 1.165) is 26.5 Å². The number of benzene rings is 2. The van der Waals surface area contributed by atoms with Crippen molar-refractivity contribution in [2.45, 2.75) is 10.9 Å². The molecule has 2 aromatic heterocycles. The van der Waals surface area contributed by atoms with Crippen LogP contribution in [0.3, 0.4) is 0 Å². The van der Waals surface area contributed by atoms with Crippen molar-refractivity contribution in [3.05, 3.63) is 94.7 Å². The van der Waals surface area contributed by atoms with Crippen LogP contribution < -0.4 is 0 Å². The third-order valence-corrected chi connectivity index (χ3v) is 5.47. The summed E-state index contributed by atoms with van der Waals surface area (Å²) in [5, 5.41) is 14.1. The molecule has 28 heavy (non-hydrogen) atoms. The van der Waals surface area contributed by atoms with Gasteiger partial charge < -0.3 is 0 Å². The van der Waals surface area contributed by atoms with E-state index >= 15 is 0 Å². The number of pyridine rings is 1. The first-order chi connectivity index (χ1) is 13.8. The van der Waals surface area contributed by atoms with Gasteiger partial charge in [-0.05, 0) is 35.4 Å². The number of thioether (sulfide) groups is 1. The summed E-state index contributed by atoms with van der Waals surface area (Å²) in [6.45, 7) is 0. The SMILES string of the molecule is Brc1ccc(/C=N\n2c(SCc3ccccc3)nnc2-c2ccncc2)cc1. The van der Waals surface area contributed by atoms with Crippen molar-refractivity contribution in [2.24, 2.45) is 5.10 Å². The molecule has 0 saturated carbocycles. The Kier molecular flexibility index (Phi) is 5.94. The summed E-state index contributed by atoms with van der Waals surface area (Å²) in [4.78, 5) is 4.08. The normalized spacial score (nSPS) is 11.2. The van der Waals surface area contributed by atoms with Gasteiger partial charge in [0.25, 0.3) is 0 Å². The third kappa shape index (κ3) is 4.55. The Morgan fingerprint density at radius 1 is 0.929 bits per heavy atom. The summed E-state index contributed by atoms with van der Waals surface area (Å²) in [6.07, 6.45) is 5.29. The maximum Gasteiger partial charge on any atom is 0.212 e. The van der Waals surface area contributed by atoms with E-state index in [1.807, 2.05) is 60.8 Å². The summed E-state index contributed by atoms with van der Waals surface area (Å²) in [5.41, 5.74) is 3.14. The van der Waals surface area contributed by atoms with Crippen molar-refractivity contribution in [3.63, 3.8) is 0 Å². The van der Waals surface area contributed by atoms with Crippen molar-refractivity contribution < 1.29 is 0 Å². The van der Waals surface area contributed by atoms with E-state index in [-0.39, 0.29) is 0 Å². The molecule has 7 heteroatoms. The Morgan fingerprint density at radius 2 is 1.68 bits per heavy atom. The van der Waals surface area contributed by atoms with Crippen molar-refractivity contribution >= 4 is 33.9 Å². The van der Waals surface area contributed by atoms with E-state index in [1.165, 1.54) is 5.56 Å². The van der Waals surface area contributed by atoms with Crippen molar-refractivity contribution in [3.8, 4) is 11.4 Å². The fourth-order valence-corrected chi connectivity index (χ4v) is 3.64. The van der Waals surface area contributed by atoms with E-state index in [4.69, 9.17) is 0 Å². The van der Waals surface area contributed by atoms with Gasteiger partial charge in [-0.25, -0.2) is 0 Å². The average molecular weight is 450 g/mol.